The van der Waals surface area contributed by atoms with Crippen LogP contribution in [0.25, 0.3) is 0 Å². The maximum atomic E-state index is 9.10. The number of nitriles is 1. The highest BCUT2D eigenvalue weighted by Gasteiger charge is 2.38. The van der Waals surface area contributed by atoms with Crippen molar-refractivity contribution in [2.45, 2.75) is 44.2 Å². The molecule has 0 spiro atoms. The van der Waals surface area contributed by atoms with Gasteiger partial charge in [-0.2, -0.15) is 5.26 Å². The zero-order valence-corrected chi connectivity index (χ0v) is 12.2. The summed E-state index contributed by atoms with van der Waals surface area (Å²) >= 11 is 0. The molecule has 1 fully saturated rings. The first-order chi connectivity index (χ1) is 10.3. The molecule has 0 bridgehead atoms. The SMILES string of the molecule is N#Cc1ccc2c(c1)C1OCCCC1C(CCCCO)N2. The van der Waals surface area contributed by atoms with E-state index in [9.17, 15) is 0 Å². The Morgan fingerprint density at radius 3 is 3.10 bits per heavy atom. The predicted octanol–water partition coefficient (Wildman–Crippen LogP) is 2.98. The quantitative estimate of drug-likeness (QED) is 0.835. The maximum Gasteiger partial charge on any atom is 0.0991 e. The van der Waals surface area contributed by atoms with Crippen molar-refractivity contribution in [3.63, 3.8) is 0 Å². The number of hydrogen-bond donors (Lipinski definition) is 2. The molecule has 2 aliphatic rings. The van der Waals surface area contributed by atoms with Crippen LogP contribution in [0.4, 0.5) is 5.69 Å². The average Bonchev–Trinajstić information content (AvgIpc) is 2.55. The lowest BCUT2D eigenvalue weighted by atomic mass is 9.78. The van der Waals surface area contributed by atoms with E-state index in [1.54, 1.807) is 0 Å². The van der Waals surface area contributed by atoms with E-state index in [1.807, 2.05) is 18.2 Å². The zero-order chi connectivity index (χ0) is 14.7. The van der Waals surface area contributed by atoms with E-state index in [0.717, 1.165) is 50.0 Å². The molecule has 4 nitrogen and oxygen atoms in total. The van der Waals surface area contributed by atoms with Crippen LogP contribution in [0.2, 0.25) is 0 Å². The highest BCUT2D eigenvalue weighted by Crippen LogP contribution is 2.45. The molecule has 0 saturated carbocycles. The summed E-state index contributed by atoms with van der Waals surface area (Å²) in [5, 5.41) is 21.7. The summed E-state index contributed by atoms with van der Waals surface area (Å²) < 4.78 is 6.05. The largest absolute Gasteiger partial charge is 0.396 e. The van der Waals surface area contributed by atoms with Gasteiger partial charge in [0.1, 0.15) is 0 Å². The lowest BCUT2D eigenvalue weighted by Gasteiger charge is -2.43. The second kappa shape index (κ2) is 6.46. The number of aliphatic hydroxyl groups excluding tert-OH is 1. The number of ether oxygens (including phenoxy) is 1. The molecule has 0 radical (unpaired) electrons. The third kappa shape index (κ3) is 2.90. The molecule has 2 aliphatic heterocycles. The van der Waals surface area contributed by atoms with Crippen LogP contribution in [0.15, 0.2) is 18.2 Å². The van der Waals surface area contributed by atoms with E-state index in [4.69, 9.17) is 15.1 Å². The van der Waals surface area contributed by atoms with Gasteiger partial charge < -0.3 is 15.2 Å². The second-order valence-electron chi connectivity index (χ2n) is 5.98. The number of nitrogens with zero attached hydrogens (tertiary/aromatic N) is 1. The van der Waals surface area contributed by atoms with Crippen molar-refractivity contribution in [2.24, 2.45) is 5.92 Å². The molecule has 0 aliphatic carbocycles. The van der Waals surface area contributed by atoms with Gasteiger partial charge in [0.25, 0.3) is 0 Å². The summed E-state index contributed by atoms with van der Waals surface area (Å²) in [4.78, 5) is 0. The number of benzene rings is 1. The number of nitrogens with one attached hydrogen (secondary N) is 1. The van der Waals surface area contributed by atoms with Crippen molar-refractivity contribution in [3.05, 3.63) is 29.3 Å². The topological polar surface area (TPSA) is 65.3 Å². The van der Waals surface area contributed by atoms with Gasteiger partial charge in [0, 0.05) is 36.4 Å². The Kier molecular flexibility index (Phi) is 4.42. The molecule has 2 heterocycles. The monoisotopic (exact) mass is 286 g/mol. The van der Waals surface area contributed by atoms with Gasteiger partial charge in [-0.15, -0.1) is 0 Å². The van der Waals surface area contributed by atoms with Crippen molar-refractivity contribution in [3.8, 4) is 6.07 Å². The molecule has 1 saturated heterocycles. The van der Waals surface area contributed by atoms with Gasteiger partial charge in [0.05, 0.1) is 17.7 Å². The maximum absolute atomic E-state index is 9.10. The molecule has 3 atom stereocenters. The van der Waals surface area contributed by atoms with Gasteiger partial charge in [-0.1, -0.05) is 0 Å². The number of rotatable bonds is 4. The Bertz CT molecular complexity index is 538. The summed E-state index contributed by atoms with van der Waals surface area (Å²) in [7, 11) is 0. The normalized spacial score (nSPS) is 27.1. The van der Waals surface area contributed by atoms with Crippen LogP contribution in [-0.4, -0.2) is 24.4 Å². The van der Waals surface area contributed by atoms with Gasteiger partial charge in [-0.05, 0) is 50.3 Å². The first kappa shape index (κ1) is 14.4. The van der Waals surface area contributed by atoms with Crippen LogP contribution in [0.1, 0.15) is 49.3 Å². The van der Waals surface area contributed by atoms with E-state index in [-0.39, 0.29) is 12.7 Å². The van der Waals surface area contributed by atoms with E-state index >= 15 is 0 Å². The molecule has 3 unspecified atom stereocenters. The molecule has 2 N–H and O–H groups in total. The molecule has 3 rings (SSSR count). The van der Waals surface area contributed by atoms with Crippen molar-refractivity contribution >= 4 is 5.69 Å². The van der Waals surface area contributed by atoms with Crippen LogP contribution in [-0.2, 0) is 4.74 Å². The van der Waals surface area contributed by atoms with Crippen LogP contribution in [0.5, 0.6) is 0 Å². The fourth-order valence-corrected chi connectivity index (χ4v) is 3.61. The van der Waals surface area contributed by atoms with Crippen molar-refractivity contribution in [2.75, 3.05) is 18.5 Å². The van der Waals surface area contributed by atoms with Crippen LogP contribution >= 0.6 is 0 Å². The van der Waals surface area contributed by atoms with Gasteiger partial charge >= 0.3 is 0 Å². The minimum atomic E-state index is 0.113. The Hall–Kier alpha value is -1.57. The lowest BCUT2D eigenvalue weighted by Crippen LogP contribution is -2.41. The van der Waals surface area contributed by atoms with Crippen molar-refractivity contribution in [1.29, 1.82) is 5.26 Å². The van der Waals surface area contributed by atoms with Gasteiger partial charge in [0.15, 0.2) is 0 Å². The number of fused-ring (bicyclic) bond motifs is 3. The predicted molar refractivity (Wildman–Crippen MR) is 80.9 cm³/mol. The first-order valence-corrected chi connectivity index (χ1v) is 7.86. The summed E-state index contributed by atoms with van der Waals surface area (Å²) in [5.41, 5.74) is 2.94. The molecular weight excluding hydrogens is 264 g/mol. The van der Waals surface area contributed by atoms with E-state index in [0.29, 0.717) is 17.5 Å². The molecular formula is C17H22N2O2. The third-order valence-corrected chi connectivity index (χ3v) is 4.64. The first-order valence-electron chi connectivity index (χ1n) is 7.86. The highest BCUT2D eigenvalue weighted by atomic mass is 16.5. The van der Waals surface area contributed by atoms with Crippen LogP contribution < -0.4 is 5.32 Å². The summed E-state index contributed by atoms with van der Waals surface area (Å²) in [6.45, 7) is 1.07. The molecule has 112 valence electrons. The minimum Gasteiger partial charge on any atom is -0.396 e. The Morgan fingerprint density at radius 2 is 2.29 bits per heavy atom. The highest BCUT2D eigenvalue weighted by molar-refractivity contribution is 5.58. The Morgan fingerprint density at radius 1 is 1.38 bits per heavy atom. The molecule has 0 amide bonds. The number of anilines is 1. The van der Waals surface area contributed by atoms with Crippen molar-refractivity contribution in [1.82, 2.24) is 0 Å². The summed E-state index contributed by atoms with van der Waals surface area (Å²) in [6, 6.07) is 8.45. The van der Waals surface area contributed by atoms with Gasteiger partial charge in [-0.25, -0.2) is 0 Å². The number of unbranched alkanes of at least 4 members (excludes halogenated alkanes) is 1. The van der Waals surface area contributed by atoms with E-state index in [2.05, 4.69) is 11.4 Å². The lowest BCUT2D eigenvalue weighted by molar-refractivity contribution is -0.0387. The molecule has 4 heteroatoms. The smallest absolute Gasteiger partial charge is 0.0991 e. The average molecular weight is 286 g/mol. The molecule has 21 heavy (non-hydrogen) atoms. The van der Waals surface area contributed by atoms with Crippen LogP contribution in [0.3, 0.4) is 0 Å². The Balaban J connectivity index is 1.85. The third-order valence-electron chi connectivity index (χ3n) is 4.64. The van der Waals surface area contributed by atoms with Gasteiger partial charge in [-0.3, -0.25) is 0 Å². The minimum absolute atomic E-state index is 0.113. The summed E-state index contributed by atoms with van der Waals surface area (Å²) in [5.74, 6) is 0.471. The fraction of sp³-hybridized carbons (Fsp3) is 0.588. The fourth-order valence-electron chi connectivity index (χ4n) is 3.61. The standard InChI is InChI=1S/C17H22N2O2/c18-11-12-6-7-16-14(10-12)17-13(4-3-9-21-17)15(19-16)5-1-2-8-20/h6-7,10,13,15,17,19-20H,1-5,8-9H2. The molecule has 0 aromatic heterocycles. The van der Waals surface area contributed by atoms with E-state index in [1.165, 1.54) is 0 Å². The molecule has 1 aromatic rings. The zero-order valence-electron chi connectivity index (χ0n) is 12.2. The van der Waals surface area contributed by atoms with Crippen LogP contribution in [0, 0.1) is 17.2 Å². The Labute approximate surface area is 125 Å². The molecule has 1 aromatic carbocycles. The second-order valence-corrected chi connectivity index (χ2v) is 5.98. The van der Waals surface area contributed by atoms with Gasteiger partial charge in [0.2, 0.25) is 0 Å². The number of aliphatic hydroxyl groups is 1. The van der Waals surface area contributed by atoms with Crippen molar-refractivity contribution < 1.29 is 9.84 Å². The number of hydrogen-bond acceptors (Lipinski definition) is 4. The summed E-state index contributed by atoms with van der Waals surface area (Å²) in [6.07, 6.45) is 5.33. The van der Waals surface area contributed by atoms with E-state index < -0.39 is 0 Å².